The summed E-state index contributed by atoms with van der Waals surface area (Å²) in [6, 6.07) is -8.13. The summed E-state index contributed by atoms with van der Waals surface area (Å²) in [5, 5.41) is 33.9. The summed E-state index contributed by atoms with van der Waals surface area (Å²) in [5.41, 5.74) is 27.1. The van der Waals surface area contributed by atoms with Gasteiger partial charge in [-0.2, -0.15) is 12.6 Å². The molecule has 0 fully saturated rings. The Bertz CT molecular complexity index is 1440. The number of rotatable bonds is 28. The summed E-state index contributed by atoms with van der Waals surface area (Å²) in [6.45, 7) is 6.24. The number of carbonyl (C=O) groups is 8. The lowest BCUT2D eigenvalue weighted by molar-refractivity contribution is -0.144. The normalized spacial score (nSPS) is 15.0. The van der Waals surface area contributed by atoms with Crippen LogP contribution >= 0.6 is 12.6 Å². The number of nitrogens with one attached hydrogen (secondary N) is 6. The maximum Gasteiger partial charge on any atom is 0.326 e. The molecule has 6 amide bonds. The number of thiol groups is 1. The predicted octanol–water partition coefficient (Wildman–Crippen LogP) is -4.46. The van der Waals surface area contributed by atoms with Gasteiger partial charge in [0.1, 0.15) is 30.2 Å². The van der Waals surface area contributed by atoms with Gasteiger partial charge in [-0.1, -0.05) is 40.5 Å². The van der Waals surface area contributed by atoms with Gasteiger partial charge in [-0.25, -0.2) is 4.79 Å². The molecule has 0 bridgehead atoms. The standard InChI is InChI=1S/C33H61N13O10S/c1-5-16(3)24(45-27(51)19(9-7-11-39-32(35)36)42-22(47)14-41-26(50)18(34)15-57)30(54)44-21(13-23(48)49)29(53)43-20(10-8-12-40-33(37)38)28(52)46-25(31(55)56)17(4)6-2/h16-21,24-25,57H,5-15,34H2,1-4H3,(H,41,50)(H,42,47)(H,43,53)(H,44,54)(H,45,51)(H,46,52)(H,48,49)(H,55,56)(H4,35,36,39)(H4,37,38,40). The highest BCUT2D eigenvalue weighted by Gasteiger charge is 2.35. The lowest BCUT2D eigenvalue weighted by atomic mass is 9.96. The zero-order valence-corrected chi connectivity index (χ0v) is 33.7. The Hall–Kier alpha value is -5.39. The van der Waals surface area contributed by atoms with E-state index in [4.69, 9.17) is 28.7 Å². The van der Waals surface area contributed by atoms with Crippen molar-refractivity contribution in [1.82, 2.24) is 31.9 Å². The second-order valence-electron chi connectivity index (χ2n) is 13.3. The smallest absolute Gasteiger partial charge is 0.326 e. The molecule has 0 radical (unpaired) electrons. The van der Waals surface area contributed by atoms with Crippen LogP contribution in [0.4, 0.5) is 0 Å². The first-order valence-electron chi connectivity index (χ1n) is 18.4. The van der Waals surface area contributed by atoms with Gasteiger partial charge in [0.25, 0.3) is 0 Å². The molecule has 18 N–H and O–H groups in total. The molecule has 57 heavy (non-hydrogen) atoms. The van der Waals surface area contributed by atoms with E-state index in [9.17, 15) is 48.6 Å². The Labute approximate surface area is 336 Å². The zero-order valence-electron chi connectivity index (χ0n) is 32.8. The number of aliphatic carboxylic acids is 2. The fraction of sp³-hybridized carbons (Fsp3) is 0.697. The molecule has 23 nitrogen and oxygen atoms in total. The zero-order chi connectivity index (χ0) is 43.8. The summed E-state index contributed by atoms with van der Waals surface area (Å²) in [7, 11) is 0. The Morgan fingerprint density at radius 3 is 1.51 bits per heavy atom. The van der Waals surface area contributed by atoms with E-state index in [1.807, 2.05) is 0 Å². The molecular weight excluding hydrogens is 771 g/mol. The minimum atomic E-state index is -1.78. The minimum absolute atomic E-state index is 0.0134. The third kappa shape index (κ3) is 20.9. The number of carbonyl (C=O) groups excluding carboxylic acids is 6. The first-order valence-corrected chi connectivity index (χ1v) is 19.0. The number of hydrogen-bond acceptors (Lipinski definition) is 12. The average Bonchev–Trinajstić information content (AvgIpc) is 3.14. The van der Waals surface area contributed by atoms with E-state index in [2.05, 4.69) is 54.5 Å². The van der Waals surface area contributed by atoms with Crippen molar-refractivity contribution in [3.05, 3.63) is 0 Å². The molecule has 8 atom stereocenters. The molecule has 8 unspecified atom stereocenters. The molecule has 0 saturated carbocycles. The van der Waals surface area contributed by atoms with E-state index in [-0.39, 0.29) is 56.4 Å². The highest BCUT2D eigenvalue weighted by atomic mass is 32.1. The van der Waals surface area contributed by atoms with Crippen molar-refractivity contribution in [2.75, 3.05) is 25.4 Å². The van der Waals surface area contributed by atoms with Crippen LogP contribution < -0.4 is 60.6 Å². The van der Waals surface area contributed by atoms with Crippen LogP contribution in [0.25, 0.3) is 0 Å². The van der Waals surface area contributed by atoms with Crippen molar-refractivity contribution in [3.8, 4) is 0 Å². The number of hydrogen-bond donors (Lipinski definition) is 14. The SMILES string of the molecule is CCC(C)C(NC(=O)C(CCCN=C(N)N)NC(=O)C(CC(=O)O)NC(=O)C(NC(=O)C(CCCN=C(N)N)NC(=O)CNC(=O)C(N)CS)C(C)CC)C(=O)O. The number of guanidine groups is 2. The third-order valence-electron chi connectivity index (χ3n) is 8.71. The van der Waals surface area contributed by atoms with Gasteiger partial charge in [0, 0.05) is 18.8 Å². The molecule has 0 heterocycles. The highest BCUT2D eigenvalue weighted by molar-refractivity contribution is 7.80. The third-order valence-corrected chi connectivity index (χ3v) is 9.11. The predicted molar refractivity (Wildman–Crippen MR) is 213 cm³/mol. The van der Waals surface area contributed by atoms with Crippen molar-refractivity contribution in [1.29, 1.82) is 0 Å². The molecular formula is C33H61N13O10S. The Kier molecular flexibility index (Phi) is 24.7. The summed E-state index contributed by atoms with van der Waals surface area (Å²) in [5.74, 6) is -9.54. The van der Waals surface area contributed by atoms with Gasteiger partial charge < -0.3 is 70.8 Å². The molecule has 324 valence electrons. The molecule has 0 spiro atoms. The Balaban J connectivity index is 6.37. The van der Waals surface area contributed by atoms with E-state index in [0.29, 0.717) is 12.8 Å². The van der Waals surface area contributed by atoms with Gasteiger partial charge in [-0.05, 0) is 37.5 Å². The number of nitrogens with two attached hydrogens (primary N) is 5. The average molecular weight is 832 g/mol. The molecule has 0 aromatic heterocycles. The number of carboxylic acids is 2. The van der Waals surface area contributed by atoms with E-state index in [1.54, 1.807) is 27.7 Å². The van der Waals surface area contributed by atoms with Crippen LogP contribution in [0.3, 0.4) is 0 Å². The topological polar surface area (TPSA) is 404 Å². The second-order valence-corrected chi connectivity index (χ2v) is 13.7. The van der Waals surface area contributed by atoms with Crippen LogP contribution in [0.2, 0.25) is 0 Å². The monoisotopic (exact) mass is 831 g/mol. The first kappa shape index (κ1) is 51.6. The summed E-state index contributed by atoms with van der Waals surface area (Å²) >= 11 is 3.94. The van der Waals surface area contributed by atoms with Crippen molar-refractivity contribution in [2.45, 2.75) is 109 Å². The van der Waals surface area contributed by atoms with Crippen LogP contribution in [0.1, 0.15) is 72.6 Å². The van der Waals surface area contributed by atoms with Crippen LogP contribution in [0.15, 0.2) is 9.98 Å². The summed E-state index contributed by atoms with van der Waals surface area (Å²) in [6.07, 6.45) is -0.0429. The maximum absolute atomic E-state index is 13.8. The van der Waals surface area contributed by atoms with Gasteiger partial charge in [0.15, 0.2) is 11.9 Å². The minimum Gasteiger partial charge on any atom is -0.481 e. The van der Waals surface area contributed by atoms with Crippen LogP contribution in [-0.4, -0.2) is 131 Å². The molecule has 0 aromatic carbocycles. The van der Waals surface area contributed by atoms with Crippen molar-refractivity contribution in [2.24, 2.45) is 50.5 Å². The van der Waals surface area contributed by atoms with Gasteiger partial charge in [-0.15, -0.1) is 0 Å². The Morgan fingerprint density at radius 1 is 0.632 bits per heavy atom. The molecule has 24 heteroatoms. The lowest BCUT2D eigenvalue weighted by Gasteiger charge is -2.29. The molecule has 0 aliphatic rings. The highest BCUT2D eigenvalue weighted by Crippen LogP contribution is 2.12. The van der Waals surface area contributed by atoms with Crippen LogP contribution in [0.5, 0.6) is 0 Å². The number of nitrogens with zero attached hydrogens (tertiary/aromatic N) is 2. The quantitative estimate of drug-likeness (QED) is 0.0153. The largest absolute Gasteiger partial charge is 0.481 e. The van der Waals surface area contributed by atoms with E-state index in [1.165, 1.54) is 0 Å². The molecule has 0 saturated heterocycles. The second kappa shape index (κ2) is 27.2. The first-order chi connectivity index (χ1) is 26.7. The Morgan fingerprint density at radius 2 is 1.07 bits per heavy atom. The molecule has 0 rings (SSSR count). The molecule has 0 aliphatic carbocycles. The number of carboxylic acid groups (broad SMARTS) is 2. The molecule has 0 aliphatic heterocycles. The van der Waals surface area contributed by atoms with Crippen molar-refractivity contribution >= 4 is 71.9 Å². The van der Waals surface area contributed by atoms with E-state index in [0.717, 1.165) is 0 Å². The van der Waals surface area contributed by atoms with Gasteiger partial charge in [0.05, 0.1) is 19.0 Å². The fourth-order valence-electron chi connectivity index (χ4n) is 4.98. The van der Waals surface area contributed by atoms with Crippen LogP contribution in [0, 0.1) is 11.8 Å². The summed E-state index contributed by atoms with van der Waals surface area (Å²) < 4.78 is 0. The van der Waals surface area contributed by atoms with Gasteiger partial charge in [-0.3, -0.25) is 43.5 Å². The van der Waals surface area contributed by atoms with E-state index >= 15 is 0 Å². The maximum atomic E-state index is 13.8. The van der Waals surface area contributed by atoms with Crippen LogP contribution in [-0.2, 0) is 38.4 Å². The van der Waals surface area contributed by atoms with Crippen molar-refractivity contribution in [3.63, 3.8) is 0 Å². The fourth-order valence-corrected chi connectivity index (χ4v) is 5.15. The lowest BCUT2D eigenvalue weighted by Crippen LogP contribution is -2.60. The molecule has 0 aromatic rings. The number of amides is 6. The van der Waals surface area contributed by atoms with E-state index < -0.39 is 108 Å². The van der Waals surface area contributed by atoms with Gasteiger partial charge in [0.2, 0.25) is 35.4 Å². The van der Waals surface area contributed by atoms with Crippen molar-refractivity contribution < 1.29 is 48.6 Å². The number of aliphatic imine (C=N–C) groups is 2. The summed E-state index contributed by atoms with van der Waals surface area (Å²) in [4.78, 5) is 111. The van der Waals surface area contributed by atoms with Gasteiger partial charge >= 0.3 is 11.9 Å².